The molecule has 3 N–H and O–H groups in total. The van der Waals surface area contributed by atoms with E-state index in [1.165, 1.54) is 29.2 Å². The number of nitrogens with one attached hydrogen (secondary N) is 1. The Hall–Kier alpha value is -1.33. The van der Waals surface area contributed by atoms with Gasteiger partial charge in [-0.15, -0.1) is 23.1 Å². The number of nitrogen functional groups attached to an aromatic ring is 1. The molecule has 3 heterocycles. The van der Waals surface area contributed by atoms with Gasteiger partial charge < -0.3 is 21.0 Å². The van der Waals surface area contributed by atoms with E-state index in [0.29, 0.717) is 22.2 Å². The molecule has 11 heteroatoms. The van der Waals surface area contributed by atoms with E-state index < -0.39 is 23.3 Å². The first-order valence-corrected chi connectivity index (χ1v) is 8.86. The molecule has 2 aliphatic heterocycles. The van der Waals surface area contributed by atoms with Crippen LogP contribution in [0.25, 0.3) is 0 Å². The van der Waals surface area contributed by atoms with Crippen molar-refractivity contribution in [2.75, 3.05) is 11.5 Å². The Balaban J connectivity index is 0.00000225. The molecule has 0 radical (unpaired) electrons. The number of hydrogen-bond acceptors (Lipinski definition) is 8. The van der Waals surface area contributed by atoms with Crippen LogP contribution in [0.15, 0.2) is 29.3 Å². The van der Waals surface area contributed by atoms with Crippen molar-refractivity contribution < 1.29 is 49.0 Å². The molecule has 8 nitrogen and oxygen atoms in total. The normalized spacial score (nSPS) is 21.8. The SMILES string of the molecule is C=CC1=C(C(=O)[O-])N2C(=O)C(NC(=O)Cc3csc(N)n3)[C@H]2SC1.[Na+]. The molecule has 1 aromatic heterocycles. The smallest absolute Gasteiger partial charge is 0.543 e. The molecule has 25 heavy (non-hydrogen) atoms. The van der Waals surface area contributed by atoms with Gasteiger partial charge in [0.15, 0.2) is 5.13 Å². The Bertz CT molecular complexity index is 779. The number of fused-ring (bicyclic) bond motifs is 1. The molecule has 1 aromatic rings. The van der Waals surface area contributed by atoms with Crippen molar-refractivity contribution in [2.45, 2.75) is 17.8 Å². The van der Waals surface area contributed by atoms with E-state index in [4.69, 9.17) is 5.73 Å². The van der Waals surface area contributed by atoms with Crippen LogP contribution in [0.5, 0.6) is 0 Å². The summed E-state index contributed by atoms with van der Waals surface area (Å²) in [5.74, 6) is -1.88. The minimum atomic E-state index is -1.42. The van der Waals surface area contributed by atoms with Gasteiger partial charge in [-0.3, -0.25) is 14.5 Å². The third-order valence-electron chi connectivity index (χ3n) is 3.67. The average Bonchev–Trinajstić information content (AvgIpc) is 2.95. The summed E-state index contributed by atoms with van der Waals surface area (Å²) < 4.78 is 0. The van der Waals surface area contributed by atoms with Gasteiger partial charge in [-0.25, -0.2) is 4.98 Å². The number of amides is 2. The van der Waals surface area contributed by atoms with E-state index in [2.05, 4.69) is 16.9 Å². The molecule has 1 saturated heterocycles. The number of nitrogens with zero attached hydrogens (tertiary/aromatic N) is 2. The van der Waals surface area contributed by atoms with Crippen LogP contribution < -0.4 is 45.7 Å². The molecule has 3 rings (SSSR count). The fraction of sp³-hybridized carbons (Fsp3) is 0.286. The van der Waals surface area contributed by atoms with Crippen molar-refractivity contribution in [3.8, 4) is 0 Å². The number of β-lactam (4-membered cyclic amide) rings is 1. The van der Waals surface area contributed by atoms with E-state index in [1.54, 1.807) is 5.38 Å². The molecular weight excluding hydrogens is 375 g/mol. The second-order valence-electron chi connectivity index (χ2n) is 5.17. The van der Waals surface area contributed by atoms with Crippen LogP contribution in [0.1, 0.15) is 5.69 Å². The van der Waals surface area contributed by atoms with Crippen LogP contribution in [0, 0.1) is 0 Å². The monoisotopic (exact) mass is 388 g/mol. The molecule has 0 aliphatic carbocycles. The van der Waals surface area contributed by atoms with Gasteiger partial charge >= 0.3 is 29.6 Å². The van der Waals surface area contributed by atoms with Crippen molar-refractivity contribution in [3.63, 3.8) is 0 Å². The van der Waals surface area contributed by atoms with Crippen LogP contribution in [0.4, 0.5) is 5.13 Å². The van der Waals surface area contributed by atoms with Crippen molar-refractivity contribution in [3.05, 3.63) is 35.0 Å². The van der Waals surface area contributed by atoms with Crippen LogP contribution in [0.2, 0.25) is 0 Å². The average molecular weight is 388 g/mol. The topological polar surface area (TPSA) is 128 Å². The number of carbonyl (C=O) groups is 3. The Morgan fingerprint density at radius 1 is 1.56 bits per heavy atom. The zero-order valence-electron chi connectivity index (χ0n) is 13.4. The van der Waals surface area contributed by atoms with Crippen molar-refractivity contribution in [2.24, 2.45) is 0 Å². The zero-order chi connectivity index (χ0) is 17.4. The van der Waals surface area contributed by atoms with Gasteiger partial charge in [0.2, 0.25) is 5.91 Å². The van der Waals surface area contributed by atoms with Crippen LogP contribution in [-0.2, 0) is 20.8 Å². The molecule has 2 aliphatic rings. The van der Waals surface area contributed by atoms with Crippen molar-refractivity contribution in [1.82, 2.24) is 15.2 Å². The first-order chi connectivity index (χ1) is 11.4. The second-order valence-corrected chi connectivity index (χ2v) is 7.17. The number of carboxylic acid groups (broad SMARTS) is 1. The third kappa shape index (κ3) is 3.77. The van der Waals surface area contributed by atoms with Crippen LogP contribution in [-0.4, -0.2) is 44.8 Å². The van der Waals surface area contributed by atoms with Crippen molar-refractivity contribution >= 4 is 46.0 Å². The van der Waals surface area contributed by atoms with Gasteiger partial charge in [0, 0.05) is 11.1 Å². The first kappa shape index (κ1) is 20.0. The molecule has 2 atom stereocenters. The molecule has 1 fully saturated rings. The molecule has 0 aromatic carbocycles. The fourth-order valence-corrected chi connectivity index (χ4v) is 4.48. The summed E-state index contributed by atoms with van der Waals surface area (Å²) in [5.41, 5.74) is 6.30. The predicted molar refractivity (Wildman–Crippen MR) is 87.5 cm³/mol. The number of allylic oxidation sites excluding steroid dienone is 1. The Morgan fingerprint density at radius 2 is 2.28 bits per heavy atom. The maximum Gasteiger partial charge on any atom is 1.00 e. The van der Waals surface area contributed by atoms with E-state index >= 15 is 0 Å². The van der Waals surface area contributed by atoms with Gasteiger partial charge in [0.05, 0.1) is 23.8 Å². The van der Waals surface area contributed by atoms with E-state index in [9.17, 15) is 19.5 Å². The standard InChI is InChI=1S/C14H14N4O4S2.Na/c1-2-6-4-23-12-9(11(20)18(12)10(6)13(21)22)17-8(19)3-7-5-24-14(15)16-7;/h2,5,9,12H,1,3-4H2,(H2,15,16)(H,17,19)(H,21,22);/q;+1/p-1/t9?,12-;/m1./s1. The summed E-state index contributed by atoms with van der Waals surface area (Å²) in [6.07, 6.45) is 1.41. The van der Waals surface area contributed by atoms with Gasteiger partial charge in [-0.1, -0.05) is 12.7 Å². The first-order valence-electron chi connectivity index (χ1n) is 6.93. The Labute approximate surface area is 173 Å². The van der Waals surface area contributed by atoms with Crippen LogP contribution in [0.3, 0.4) is 0 Å². The summed E-state index contributed by atoms with van der Waals surface area (Å²) in [7, 11) is 0. The van der Waals surface area contributed by atoms with E-state index in [-0.39, 0.29) is 47.6 Å². The van der Waals surface area contributed by atoms with Gasteiger partial charge in [-0.2, -0.15) is 0 Å². The summed E-state index contributed by atoms with van der Waals surface area (Å²) in [6, 6.07) is -0.765. The molecule has 2 amide bonds. The number of nitrogens with two attached hydrogens (primary N) is 1. The number of hydrogen-bond donors (Lipinski definition) is 2. The summed E-state index contributed by atoms with van der Waals surface area (Å²) >= 11 is 2.60. The third-order valence-corrected chi connectivity index (χ3v) is 5.69. The molecule has 0 saturated carbocycles. The molecule has 1 unspecified atom stereocenters. The Morgan fingerprint density at radius 3 is 2.84 bits per heavy atom. The number of thiazole rings is 1. The minimum absolute atomic E-state index is 0. The number of aliphatic carboxylic acids is 1. The maximum absolute atomic E-state index is 12.3. The molecular formula is C14H13N4NaO4S2. The molecule has 0 bridgehead atoms. The number of rotatable bonds is 5. The zero-order valence-corrected chi connectivity index (χ0v) is 17.0. The summed E-state index contributed by atoms with van der Waals surface area (Å²) in [5, 5.41) is 15.5. The summed E-state index contributed by atoms with van der Waals surface area (Å²) in [6.45, 7) is 3.56. The maximum atomic E-state index is 12.3. The summed E-state index contributed by atoms with van der Waals surface area (Å²) in [4.78, 5) is 40.8. The van der Waals surface area contributed by atoms with Crippen molar-refractivity contribution in [1.29, 1.82) is 0 Å². The van der Waals surface area contributed by atoms with Gasteiger partial charge in [-0.05, 0) is 5.57 Å². The van der Waals surface area contributed by atoms with Crippen LogP contribution >= 0.6 is 23.1 Å². The van der Waals surface area contributed by atoms with E-state index in [1.807, 2.05) is 0 Å². The number of thioether (sulfide) groups is 1. The van der Waals surface area contributed by atoms with E-state index in [0.717, 1.165) is 4.90 Å². The Kier molecular flexibility index (Phi) is 6.33. The number of carbonyl (C=O) groups excluding carboxylic acids is 3. The number of carboxylic acids is 1. The quantitative estimate of drug-likeness (QED) is 0.387. The fourth-order valence-electron chi connectivity index (χ4n) is 2.58. The number of aromatic nitrogens is 1. The minimum Gasteiger partial charge on any atom is -0.543 e. The predicted octanol–water partition coefficient (Wildman–Crippen LogP) is -4.14. The van der Waals surface area contributed by atoms with Gasteiger partial charge in [0.25, 0.3) is 5.91 Å². The number of anilines is 1. The largest absolute Gasteiger partial charge is 1.00 e. The second kappa shape index (κ2) is 7.92. The molecule has 126 valence electrons. The van der Waals surface area contributed by atoms with Gasteiger partial charge in [0.1, 0.15) is 11.4 Å². The molecule has 0 spiro atoms.